The number of piperidine rings is 1. The Balaban J connectivity index is 1.97. The summed E-state index contributed by atoms with van der Waals surface area (Å²) in [7, 11) is -1.03. The molecule has 2 heterocycles. The summed E-state index contributed by atoms with van der Waals surface area (Å²) in [6, 6.07) is 0.107. The number of piperazine rings is 1. The average Bonchev–Trinajstić information content (AvgIpc) is 2.29. The van der Waals surface area contributed by atoms with Crippen LogP contribution in [0.5, 0.6) is 0 Å². The maximum Gasteiger partial charge on any atom is 0.214 e. The molecule has 2 aliphatic heterocycles. The Morgan fingerprint density at radius 2 is 1.89 bits per heavy atom. The van der Waals surface area contributed by atoms with E-state index in [4.69, 9.17) is 0 Å². The molecule has 1 atom stereocenters. The quantitative estimate of drug-likeness (QED) is 0.785. The number of nitrogens with one attached hydrogen (secondary N) is 1. The third-order valence-electron chi connectivity index (χ3n) is 4.03. The van der Waals surface area contributed by atoms with Gasteiger partial charge < -0.3 is 10.2 Å². The van der Waals surface area contributed by atoms with Gasteiger partial charge in [-0.25, -0.2) is 8.42 Å². The summed E-state index contributed by atoms with van der Waals surface area (Å²) in [4.78, 5) is 2.20. The Hall–Kier alpha value is -0.170. The van der Waals surface area contributed by atoms with Crippen LogP contribution in [0.4, 0.5) is 0 Å². The minimum atomic E-state index is -3.08. The van der Waals surface area contributed by atoms with Crippen LogP contribution in [0.25, 0.3) is 0 Å². The number of sulfonamides is 1. The van der Waals surface area contributed by atoms with Crippen molar-refractivity contribution in [3.05, 3.63) is 0 Å². The molecule has 18 heavy (non-hydrogen) atoms. The summed E-state index contributed by atoms with van der Waals surface area (Å²) in [6.07, 6.45) is 1.97. The van der Waals surface area contributed by atoms with Gasteiger partial charge in [-0.05, 0) is 45.8 Å². The van der Waals surface area contributed by atoms with E-state index in [0.717, 1.165) is 39.0 Å². The van der Waals surface area contributed by atoms with Gasteiger partial charge in [-0.1, -0.05) is 0 Å². The van der Waals surface area contributed by atoms with Crippen LogP contribution in [-0.4, -0.2) is 69.2 Å². The third kappa shape index (κ3) is 3.44. The first-order valence-electron chi connectivity index (χ1n) is 6.88. The molecule has 6 heteroatoms. The normalized spacial score (nSPS) is 29.6. The Kier molecular flexibility index (Phi) is 4.64. The highest BCUT2D eigenvalue weighted by atomic mass is 32.2. The van der Waals surface area contributed by atoms with Crippen LogP contribution < -0.4 is 5.32 Å². The number of hydrogen-bond acceptors (Lipinski definition) is 4. The molecule has 106 valence electrons. The molecule has 0 aromatic heterocycles. The molecule has 0 aromatic rings. The predicted molar refractivity (Wildman–Crippen MR) is 73.0 cm³/mol. The van der Waals surface area contributed by atoms with Gasteiger partial charge in [0.05, 0.1) is 5.75 Å². The van der Waals surface area contributed by atoms with Gasteiger partial charge in [0.1, 0.15) is 0 Å². The fraction of sp³-hybridized carbons (Fsp3) is 1.00. The lowest BCUT2D eigenvalue weighted by Crippen LogP contribution is -2.53. The van der Waals surface area contributed by atoms with E-state index >= 15 is 0 Å². The highest BCUT2D eigenvalue weighted by molar-refractivity contribution is 7.89. The molecule has 0 radical (unpaired) electrons. The van der Waals surface area contributed by atoms with Gasteiger partial charge in [0.2, 0.25) is 10.0 Å². The van der Waals surface area contributed by atoms with Crippen LogP contribution in [-0.2, 0) is 10.0 Å². The number of rotatable bonds is 3. The molecule has 0 amide bonds. The van der Waals surface area contributed by atoms with Crippen molar-refractivity contribution in [2.24, 2.45) is 5.92 Å². The Labute approximate surface area is 111 Å². The van der Waals surface area contributed by atoms with Crippen LogP contribution in [0, 0.1) is 5.92 Å². The van der Waals surface area contributed by atoms with Gasteiger partial charge in [-0.3, -0.25) is 0 Å². The van der Waals surface area contributed by atoms with E-state index in [0.29, 0.717) is 18.2 Å². The summed E-state index contributed by atoms with van der Waals surface area (Å²) in [5.41, 5.74) is 0. The van der Waals surface area contributed by atoms with Crippen molar-refractivity contribution >= 4 is 10.0 Å². The zero-order chi connectivity index (χ0) is 13.2. The standard InChI is InChI=1S/C12H25N3O2S/c1-11-9-14(2)7-8-15(11)18(16,17)10-12-3-5-13-6-4-12/h11-13H,3-10H2,1-2H3. The first-order chi connectivity index (χ1) is 8.49. The molecule has 2 rings (SSSR count). The lowest BCUT2D eigenvalue weighted by molar-refractivity contribution is 0.169. The summed E-state index contributed by atoms with van der Waals surface area (Å²) in [6.45, 7) is 6.25. The molecule has 0 aliphatic carbocycles. The van der Waals surface area contributed by atoms with Gasteiger partial charge in [-0.15, -0.1) is 0 Å². The minimum absolute atomic E-state index is 0.107. The van der Waals surface area contributed by atoms with E-state index in [1.165, 1.54) is 0 Å². The fourth-order valence-corrected chi connectivity index (χ4v) is 5.07. The molecule has 0 saturated carbocycles. The van der Waals surface area contributed by atoms with E-state index in [1.54, 1.807) is 4.31 Å². The largest absolute Gasteiger partial charge is 0.317 e. The molecule has 0 spiro atoms. The first kappa shape index (κ1) is 14.2. The van der Waals surface area contributed by atoms with Crippen molar-refractivity contribution in [2.75, 3.05) is 45.5 Å². The molecule has 0 bridgehead atoms. The average molecular weight is 275 g/mol. The van der Waals surface area contributed by atoms with E-state index < -0.39 is 10.0 Å². The molecule has 1 N–H and O–H groups in total. The van der Waals surface area contributed by atoms with Crippen LogP contribution in [0.2, 0.25) is 0 Å². The number of nitrogens with zero attached hydrogens (tertiary/aromatic N) is 2. The second-order valence-corrected chi connectivity index (χ2v) is 7.66. The van der Waals surface area contributed by atoms with Gasteiger partial charge in [0.25, 0.3) is 0 Å². The summed E-state index contributed by atoms with van der Waals surface area (Å²) in [5.74, 6) is 0.672. The zero-order valence-electron chi connectivity index (χ0n) is 11.4. The monoisotopic (exact) mass is 275 g/mol. The topological polar surface area (TPSA) is 52.7 Å². The van der Waals surface area contributed by atoms with Gasteiger partial charge in [0.15, 0.2) is 0 Å². The summed E-state index contributed by atoms with van der Waals surface area (Å²) < 4.78 is 26.6. The maximum absolute atomic E-state index is 12.5. The molecule has 2 fully saturated rings. The molecular weight excluding hydrogens is 250 g/mol. The Morgan fingerprint density at radius 1 is 1.22 bits per heavy atom. The van der Waals surface area contributed by atoms with Crippen molar-refractivity contribution < 1.29 is 8.42 Å². The van der Waals surface area contributed by atoms with Crippen LogP contribution in [0.1, 0.15) is 19.8 Å². The smallest absolute Gasteiger partial charge is 0.214 e. The zero-order valence-corrected chi connectivity index (χ0v) is 12.2. The number of likely N-dealkylation sites (N-methyl/N-ethyl adjacent to an activating group) is 1. The summed E-state index contributed by atoms with van der Waals surface area (Å²) in [5, 5.41) is 3.28. The Bertz CT molecular complexity index is 366. The second kappa shape index (κ2) is 5.86. The highest BCUT2D eigenvalue weighted by Gasteiger charge is 2.33. The van der Waals surface area contributed by atoms with Crippen LogP contribution in [0.15, 0.2) is 0 Å². The highest BCUT2D eigenvalue weighted by Crippen LogP contribution is 2.20. The second-order valence-electron chi connectivity index (χ2n) is 5.69. The minimum Gasteiger partial charge on any atom is -0.317 e. The van der Waals surface area contributed by atoms with E-state index in [2.05, 4.69) is 10.2 Å². The molecule has 0 aromatic carbocycles. The maximum atomic E-state index is 12.5. The van der Waals surface area contributed by atoms with Crippen molar-refractivity contribution in [1.82, 2.24) is 14.5 Å². The SMILES string of the molecule is CC1CN(C)CCN1S(=O)(=O)CC1CCNCC1. The molecule has 1 unspecified atom stereocenters. The fourth-order valence-electron chi connectivity index (χ4n) is 2.98. The van der Waals surface area contributed by atoms with E-state index in [-0.39, 0.29) is 6.04 Å². The number of hydrogen-bond donors (Lipinski definition) is 1. The van der Waals surface area contributed by atoms with Gasteiger partial charge in [0, 0.05) is 25.7 Å². The van der Waals surface area contributed by atoms with Crippen molar-refractivity contribution in [3.8, 4) is 0 Å². The van der Waals surface area contributed by atoms with Crippen molar-refractivity contribution in [3.63, 3.8) is 0 Å². The van der Waals surface area contributed by atoms with Crippen molar-refractivity contribution in [2.45, 2.75) is 25.8 Å². The molecule has 5 nitrogen and oxygen atoms in total. The summed E-state index contributed by atoms with van der Waals surface area (Å²) >= 11 is 0. The Morgan fingerprint density at radius 3 is 2.50 bits per heavy atom. The molecule has 2 saturated heterocycles. The molecular formula is C12H25N3O2S. The van der Waals surface area contributed by atoms with Crippen LogP contribution in [0.3, 0.4) is 0 Å². The van der Waals surface area contributed by atoms with Gasteiger partial charge >= 0.3 is 0 Å². The van der Waals surface area contributed by atoms with E-state index in [9.17, 15) is 8.42 Å². The molecule has 2 aliphatic rings. The third-order valence-corrected chi connectivity index (χ3v) is 6.18. The van der Waals surface area contributed by atoms with Crippen LogP contribution >= 0.6 is 0 Å². The van der Waals surface area contributed by atoms with Gasteiger partial charge in [-0.2, -0.15) is 4.31 Å². The van der Waals surface area contributed by atoms with E-state index in [1.807, 2.05) is 14.0 Å². The lowest BCUT2D eigenvalue weighted by Gasteiger charge is -2.38. The predicted octanol–water partition coefficient (Wildman–Crippen LogP) is -0.0483. The first-order valence-corrected chi connectivity index (χ1v) is 8.49. The lowest BCUT2D eigenvalue weighted by atomic mass is 10.0. The van der Waals surface area contributed by atoms with Crippen molar-refractivity contribution in [1.29, 1.82) is 0 Å².